The Hall–Kier alpha value is -1.50. The van der Waals surface area contributed by atoms with Crippen molar-refractivity contribution in [1.82, 2.24) is 10.4 Å². The maximum atomic E-state index is 13.6. The summed E-state index contributed by atoms with van der Waals surface area (Å²) in [5.41, 5.74) is 3.56. The van der Waals surface area contributed by atoms with E-state index in [0.717, 1.165) is 48.6 Å². The largest absolute Gasteiger partial charge is 0.298 e. The van der Waals surface area contributed by atoms with Crippen LogP contribution < -0.4 is 5.48 Å². The summed E-state index contributed by atoms with van der Waals surface area (Å²) in [5, 5.41) is 2.22. The van der Waals surface area contributed by atoms with Gasteiger partial charge in [-0.1, -0.05) is 6.07 Å². The summed E-state index contributed by atoms with van der Waals surface area (Å²) in [7, 11) is 0. The van der Waals surface area contributed by atoms with Crippen LogP contribution in [0.25, 0.3) is 10.1 Å². The van der Waals surface area contributed by atoms with Gasteiger partial charge in [0.25, 0.3) is 0 Å². The van der Waals surface area contributed by atoms with Gasteiger partial charge in [-0.15, -0.1) is 11.3 Å². The molecule has 1 unspecified atom stereocenters. The SMILES string of the molecule is Fc1csc2cc(C3=NC4(CN5CCC4CC5)ON3)ccc12. The highest BCUT2D eigenvalue weighted by Gasteiger charge is 2.51. The quantitative estimate of drug-likeness (QED) is 0.879. The van der Waals surface area contributed by atoms with Gasteiger partial charge in [-0.25, -0.2) is 19.7 Å². The molecular formula is C16H16FN3OS. The second-order valence-corrected chi connectivity index (χ2v) is 7.27. The van der Waals surface area contributed by atoms with E-state index in [1.165, 1.54) is 11.3 Å². The molecule has 0 amide bonds. The minimum Gasteiger partial charge on any atom is -0.298 e. The zero-order valence-corrected chi connectivity index (χ0v) is 12.8. The molecule has 1 aromatic carbocycles. The van der Waals surface area contributed by atoms with Crippen LogP contribution in [0.2, 0.25) is 0 Å². The number of piperidine rings is 3. The van der Waals surface area contributed by atoms with Gasteiger partial charge in [0.1, 0.15) is 5.82 Å². The molecule has 3 fully saturated rings. The lowest BCUT2D eigenvalue weighted by Crippen LogP contribution is -2.58. The summed E-state index contributed by atoms with van der Waals surface area (Å²) in [5.74, 6) is 1.10. The van der Waals surface area contributed by atoms with E-state index in [-0.39, 0.29) is 5.82 Å². The zero-order valence-electron chi connectivity index (χ0n) is 12.0. The number of aliphatic imine (C=N–C) groups is 1. The number of thiophene rings is 1. The van der Waals surface area contributed by atoms with Crippen LogP contribution in [-0.2, 0) is 4.84 Å². The fraction of sp³-hybridized carbons (Fsp3) is 0.438. The second-order valence-electron chi connectivity index (χ2n) is 6.35. The lowest BCUT2D eigenvalue weighted by Gasteiger charge is -2.47. The van der Waals surface area contributed by atoms with Crippen molar-refractivity contribution in [3.63, 3.8) is 0 Å². The molecule has 6 rings (SSSR count). The fourth-order valence-corrected chi connectivity index (χ4v) is 4.72. The van der Waals surface area contributed by atoms with Gasteiger partial charge in [0, 0.05) is 26.9 Å². The summed E-state index contributed by atoms with van der Waals surface area (Å²) in [4.78, 5) is 13.3. The Bertz CT molecular complexity index is 781. The molecule has 2 bridgehead atoms. The van der Waals surface area contributed by atoms with Gasteiger partial charge in [-0.3, -0.25) is 4.90 Å². The molecule has 1 atom stereocenters. The minimum atomic E-state index is -0.429. The van der Waals surface area contributed by atoms with E-state index in [4.69, 9.17) is 9.83 Å². The van der Waals surface area contributed by atoms with Crippen molar-refractivity contribution >= 4 is 27.3 Å². The van der Waals surface area contributed by atoms with Crippen molar-refractivity contribution < 1.29 is 9.23 Å². The Morgan fingerprint density at radius 2 is 2.23 bits per heavy atom. The molecule has 1 N–H and O–H groups in total. The number of nitrogens with zero attached hydrogens (tertiary/aromatic N) is 2. The third-order valence-electron chi connectivity index (χ3n) is 5.10. The minimum absolute atomic E-state index is 0.155. The van der Waals surface area contributed by atoms with Crippen molar-refractivity contribution in [2.75, 3.05) is 19.6 Å². The van der Waals surface area contributed by atoms with Gasteiger partial charge in [0.05, 0.1) is 6.54 Å². The van der Waals surface area contributed by atoms with Crippen LogP contribution in [-0.4, -0.2) is 36.1 Å². The molecule has 2 aromatic rings. The van der Waals surface area contributed by atoms with E-state index >= 15 is 0 Å². The maximum absolute atomic E-state index is 13.6. The van der Waals surface area contributed by atoms with E-state index in [9.17, 15) is 4.39 Å². The van der Waals surface area contributed by atoms with Crippen LogP contribution in [0.1, 0.15) is 18.4 Å². The van der Waals surface area contributed by atoms with Crippen molar-refractivity contribution in [2.45, 2.75) is 18.6 Å². The molecule has 6 heteroatoms. The number of fused-ring (bicyclic) bond motifs is 3. The molecule has 114 valence electrons. The van der Waals surface area contributed by atoms with Gasteiger partial charge < -0.3 is 0 Å². The van der Waals surface area contributed by atoms with Crippen molar-refractivity contribution in [3.8, 4) is 0 Å². The predicted molar refractivity (Wildman–Crippen MR) is 84.4 cm³/mol. The van der Waals surface area contributed by atoms with Crippen molar-refractivity contribution in [3.05, 3.63) is 35.0 Å². The Balaban J connectivity index is 1.53. The van der Waals surface area contributed by atoms with Crippen molar-refractivity contribution in [2.24, 2.45) is 10.9 Å². The predicted octanol–water partition coefficient (Wildman–Crippen LogP) is 2.74. The lowest BCUT2D eigenvalue weighted by molar-refractivity contribution is -0.155. The number of benzene rings is 1. The van der Waals surface area contributed by atoms with Crippen LogP contribution in [0.5, 0.6) is 0 Å². The third kappa shape index (κ3) is 1.77. The summed E-state index contributed by atoms with van der Waals surface area (Å²) >= 11 is 1.42. The lowest BCUT2D eigenvalue weighted by atomic mass is 9.81. The van der Waals surface area contributed by atoms with Gasteiger partial charge in [-0.2, -0.15) is 0 Å². The standard InChI is InChI=1S/C16H16FN3OS/c17-13-8-22-14-7-10(1-2-12(13)14)15-18-16(21-19-15)9-20-5-3-11(16)4-6-20/h1-2,7-8,11H,3-6,9H2,(H,18,19). The van der Waals surface area contributed by atoms with E-state index in [2.05, 4.69) is 10.4 Å². The van der Waals surface area contributed by atoms with Gasteiger partial charge in [0.15, 0.2) is 5.84 Å². The number of nitrogens with one attached hydrogen (secondary N) is 1. The molecule has 5 heterocycles. The molecule has 3 saturated heterocycles. The Morgan fingerprint density at radius 1 is 1.36 bits per heavy atom. The van der Waals surface area contributed by atoms with Gasteiger partial charge >= 0.3 is 0 Å². The molecule has 4 aliphatic rings. The first-order valence-corrected chi connectivity index (χ1v) is 8.55. The van der Waals surface area contributed by atoms with E-state index in [1.807, 2.05) is 18.2 Å². The molecule has 4 nitrogen and oxygen atoms in total. The highest BCUT2D eigenvalue weighted by atomic mass is 32.1. The number of hydroxylamine groups is 1. The molecule has 1 aromatic heterocycles. The highest BCUT2D eigenvalue weighted by Crippen LogP contribution is 2.41. The van der Waals surface area contributed by atoms with Crippen LogP contribution in [0.15, 0.2) is 28.6 Å². The highest BCUT2D eigenvalue weighted by molar-refractivity contribution is 7.17. The van der Waals surface area contributed by atoms with Crippen molar-refractivity contribution in [1.29, 1.82) is 0 Å². The molecular weight excluding hydrogens is 301 g/mol. The zero-order chi connectivity index (χ0) is 14.7. The molecule has 1 spiro atoms. The van der Waals surface area contributed by atoms with E-state index in [0.29, 0.717) is 11.3 Å². The summed E-state index contributed by atoms with van der Waals surface area (Å²) in [6.07, 6.45) is 2.29. The summed E-state index contributed by atoms with van der Waals surface area (Å²) < 4.78 is 14.5. The molecule has 0 aliphatic carbocycles. The first kappa shape index (κ1) is 13.0. The molecule has 22 heavy (non-hydrogen) atoms. The monoisotopic (exact) mass is 317 g/mol. The fourth-order valence-electron chi connectivity index (χ4n) is 3.87. The smallest absolute Gasteiger partial charge is 0.202 e. The van der Waals surface area contributed by atoms with Crippen LogP contribution in [0.3, 0.4) is 0 Å². The van der Waals surface area contributed by atoms with Gasteiger partial charge in [0.2, 0.25) is 5.72 Å². The second kappa shape index (κ2) is 4.50. The molecule has 4 aliphatic heterocycles. The number of rotatable bonds is 1. The maximum Gasteiger partial charge on any atom is 0.202 e. The van der Waals surface area contributed by atoms with E-state index in [1.54, 1.807) is 5.38 Å². The first-order chi connectivity index (χ1) is 10.7. The van der Waals surface area contributed by atoms with Gasteiger partial charge in [-0.05, 0) is 38.1 Å². The Kier molecular flexibility index (Phi) is 2.66. The number of amidine groups is 1. The Labute approximate surface area is 131 Å². The number of hydrogen-bond donors (Lipinski definition) is 1. The number of hydrogen-bond acceptors (Lipinski definition) is 5. The van der Waals surface area contributed by atoms with Crippen LogP contribution in [0, 0.1) is 11.7 Å². The topological polar surface area (TPSA) is 36.9 Å². The Morgan fingerprint density at radius 3 is 3.00 bits per heavy atom. The van der Waals surface area contributed by atoms with Crippen LogP contribution >= 0.6 is 11.3 Å². The molecule has 0 radical (unpaired) electrons. The average molecular weight is 317 g/mol. The van der Waals surface area contributed by atoms with E-state index < -0.39 is 5.72 Å². The normalized spacial score (nSPS) is 33.4. The van der Waals surface area contributed by atoms with Crippen LogP contribution in [0.4, 0.5) is 4.39 Å². The third-order valence-corrected chi connectivity index (χ3v) is 6.02. The summed E-state index contributed by atoms with van der Waals surface area (Å²) in [6.45, 7) is 3.17. The first-order valence-electron chi connectivity index (χ1n) is 7.67. The molecule has 0 saturated carbocycles. The summed E-state index contributed by atoms with van der Waals surface area (Å²) in [6, 6.07) is 5.72. The average Bonchev–Trinajstić information content (AvgIpc) is 3.13. The number of halogens is 1.